The van der Waals surface area contributed by atoms with Crippen molar-refractivity contribution >= 4 is 29.1 Å². The molecule has 0 bridgehead atoms. The van der Waals surface area contributed by atoms with Gasteiger partial charge in [0.1, 0.15) is 0 Å². The van der Waals surface area contributed by atoms with Gasteiger partial charge in [-0.2, -0.15) is 0 Å². The molecular formula is C14H19ClN4O2. The molecule has 2 amide bonds. The van der Waals surface area contributed by atoms with Crippen LogP contribution in [0.25, 0.3) is 0 Å². The van der Waals surface area contributed by atoms with Crippen LogP contribution in [0.5, 0.6) is 0 Å². The highest BCUT2D eigenvalue weighted by Gasteiger charge is 2.23. The van der Waals surface area contributed by atoms with Gasteiger partial charge in [-0.3, -0.25) is 14.5 Å². The molecule has 1 aromatic rings. The molecular weight excluding hydrogens is 292 g/mol. The van der Waals surface area contributed by atoms with E-state index in [1.54, 1.807) is 23.1 Å². The van der Waals surface area contributed by atoms with Crippen LogP contribution < -0.4 is 11.5 Å². The van der Waals surface area contributed by atoms with Crippen LogP contribution in [0, 0.1) is 0 Å². The molecule has 114 valence electrons. The summed E-state index contributed by atoms with van der Waals surface area (Å²) in [6, 6.07) is 5.03. The summed E-state index contributed by atoms with van der Waals surface area (Å²) in [7, 11) is 0. The molecule has 1 heterocycles. The summed E-state index contributed by atoms with van der Waals surface area (Å²) in [6.45, 7) is 2.70. The van der Waals surface area contributed by atoms with E-state index in [9.17, 15) is 9.59 Å². The molecule has 0 atom stereocenters. The molecule has 1 aliphatic heterocycles. The molecule has 1 fully saturated rings. The summed E-state index contributed by atoms with van der Waals surface area (Å²) in [5.74, 6) is -0.524. The van der Waals surface area contributed by atoms with Crippen molar-refractivity contribution in [3.05, 3.63) is 28.8 Å². The largest absolute Gasteiger partial charge is 0.398 e. The van der Waals surface area contributed by atoms with Crippen LogP contribution >= 0.6 is 11.6 Å². The van der Waals surface area contributed by atoms with Crippen molar-refractivity contribution in [2.24, 2.45) is 5.73 Å². The van der Waals surface area contributed by atoms with E-state index >= 15 is 0 Å². The molecule has 0 aliphatic carbocycles. The minimum atomic E-state index is -0.356. The second-order valence-electron chi connectivity index (χ2n) is 5.09. The third-order valence-electron chi connectivity index (χ3n) is 3.51. The number of nitrogen functional groups attached to an aromatic ring is 1. The minimum Gasteiger partial charge on any atom is -0.398 e. The summed E-state index contributed by atoms with van der Waals surface area (Å²) in [5, 5.41) is 0.359. The number of carbonyl (C=O) groups excluding carboxylic acids is 2. The maximum absolute atomic E-state index is 12.6. The van der Waals surface area contributed by atoms with Gasteiger partial charge >= 0.3 is 0 Å². The first-order valence-corrected chi connectivity index (χ1v) is 7.20. The predicted octanol–water partition coefficient (Wildman–Crippen LogP) is 0.555. The first kappa shape index (κ1) is 15.6. The quantitative estimate of drug-likeness (QED) is 0.798. The monoisotopic (exact) mass is 310 g/mol. The van der Waals surface area contributed by atoms with Gasteiger partial charge in [0.2, 0.25) is 5.91 Å². The Morgan fingerprint density at radius 2 is 1.95 bits per heavy atom. The van der Waals surface area contributed by atoms with Gasteiger partial charge in [0.25, 0.3) is 5.91 Å². The van der Waals surface area contributed by atoms with Crippen molar-refractivity contribution in [3.63, 3.8) is 0 Å². The molecule has 7 heteroatoms. The Labute approximate surface area is 128 Å². The van der Waals surface area contributed by atoms with Crippen LogP contribution in [0.3, 0.4) is 0 Å². The van der Waals surface area contributed by atoms with Crippen molar-refractivity contribution in [2.45, 2.75) is 6.42 Å². The van der Waals surface area contributed by atoms with Crippen molar-refractivity contribution < 1.29 is 9.59 Å². The van der Waals surface area contributed by atoms with Crippen molar-refractivity contribution in [3.8, 4) is 0 Å². The van der Waals surface area contributed by atoms with Crippen LogP contribution in [-0.2, 0) is 4.79 Å². The van der Waals surface area contributed by atoms with Crippen LogP contribution in [-0.4, -0.2) is 54.3 Å². The maximum Gasteiger partial charge on any atom is 0.257 e. The fourth-order valence-electron chi connectivity index (χ4n) is 2.48. The number of anilines is 1. The molecule has 0 spiro atoms. The van der Waals surface area contributed by atoms with Gasteiger partial charge in [0, 0.05) is 31.9 Å². The summed E-state index contributed by atoms with van der Waals surface area (Å²) < 4.78 is 0. The van der Waals surface area contributed by atoms with E-state index in [1.807, 2.05) is 4.90 Å². The molecule has 1 aromatic carbocycles. The molecule has 1 aliphatic rings. The lowest BCUT2D eigenvalue weighted by molar-refractivity contribution is -0.119. The fourth-order valence-corrected chi connectivity index (χ4v) is 2.74. The van der Waals surface area contributed by atoms with E-state index in [0.29, 0.717) is 35.9 Å². The van der Waals surface area contributed by atoms with Crippen molar-refractivity contribution in [2.75, 3.05) is 38.5 Å². The van der Waals surface area contributed by atoms with Gasteiger partial charge in [-0.1, -0.05) is 17.7 Å². The summed E-state index contributed by atoms with van der Waals surface area (Å²) in [6.07, 6.45) is 0.781. The molecule has 0 unspecified atom stereocenters. The lowest BCUT2D eigenvalue weighted by atomic mass is 10.1. The van der Waals surface area contributed by atoms with Gasteiger partial charge in [-0.25, -0.2) is 0 Å². The average molecular weight is 311 g/mol. The van der Waals surface area contributed by atoms with Crippen molar-refractivity contribution in [1.82, 2.24) is 9.80 Å². The van der Waals surface area contributed by atoms with Gasteiger partial charge < -0.3 is 16.4 Å². The predicted molar refractivity (Wildman–Crippen MR) is 82.0 cm³/mol. The SMILES string of the molecule is NC(=O)CN1CCCN(C(=O)c2c(N)cccc2Cl)CC1. The van der Waals surface area contributed by atoms with E-state index < -0.39 is 0 Å². The molecule has 2 rings (SSSR count). The Kier molecular flexibility index (Phi) is 5.03. The standard InChI is InChI=1S/C14H19ClN4O2/c15-10-3-1-4-11(16)13(10)14(21)19-6-2-5-18(7-8-19)9-12(17)20/h1,3-4H,2,5-9,16H2,(H2,17,20). The van der Waals surface area contributed by atoms with Crippen LogP contribution in [0.4, 0.5) is 5.69 Å². The molecule has 21 heavy (non-hydrogen) atoms. The van der Waals surface area contributed by atoms with Gasteiger partial charge in [0.05, 0.1) is 17.1 Å². The van der Waals surface area contributed by atoms with Crippen LogP contribution in [0.1, 0.15) is 16.8 Å². The molecule has 4 N–H and O–H groups in total. The number of amides is 2. The Balaban J connectivity index is 2.08. The normalized spacial score (nSPS) is 16.5. The summed E-state index contributed by atoms with van der Waals surface area (Å²) in [4.78, 5) is 27.2. The number of hydrogen-bond donors (Lipinski definition) is 2. The van der Waals surface area contributed by atoms with E-state index in [0.717, 1.165) is 13.0 Å². The zero-order valence-corrected chi connectivity index (χ0v) is 12.5. The number of rotatable bonds is 3. The number of benzene rings is 1. The minimum absolute atomic E-state index is 0.168. The Morgan fingerprint density at radius 3 is 2.62 bits per heavy atom. The maximum atomic E-state index is 12.6. The highest BCUT2D eigenvalue weighted by atomic mass is 35.5. The van der Waals surface area contributed by atoms with E-state index in [4.69, 9.17) is 23.1 Å². The smallest absolute Gasteiger partial charge is 0.257 e. The zero-order valence-electron chi connectivity index (χ0n) is 11.7. The number of halogens is 1. The second-order valence-corrected chi connectivity index (χ2v) is 5.50. The number of carbonyl (C=O) groups is 2. The van der Waals surface area contributed by atoms with Gasteiger partial charge in [-0.05, 0) is 18.6 Å². The van der Waals surface area contributed by atoms with E-state index in [2.05, 4.69) is 0 Å². The number of primary amides is 1. The third-order valence-corrected chi connectivity index (χ3v) is 3.83. The first-order valence-electron chi connectivity index (χ1n) is 6.83. The van der Waals surface area contributed by atoms with E-state index in [-0.39, 0.29) is 18.4 Å². The molecule has 0 radical (unpaired) electrons. The Morgan fingerprint density at radius 1 is 1.19 bits per heavy atom. The van der Waals surface area contributed by atoms with Gasteiger partial charge in [0.15, 0.2) is 0 Å². The number of nitrogens with zero attached hydrogens (tertiary/aromatic N) is 2. The van der Waals surface area contributed by atoms with Crippen LogP contribution in [0.15, 0.2) is 18.2 Å². The lowest BCUT2D eigenvalue weighted by Gasteiger charge is -2.22. The Bertz CT molecular complexity index is 530. The van der Waals surface area contributed by atoms with Crippen LogP contribution in [0.2, 0.25) is 5.02 Å². The summed E-state index contributed by atoms with van der Waals surface area (Å²) in [5.41, 5.74) is 11.8. The zero-order chi connectivity index (χ0) is 15.4. The second kappa shape index (κ2) is 6.78. The molecule has 0 aromatic heterocycles. The number of nitrogens with two attached hydrogens (primary N) is 2. The molecule has 1 saturated heterocycles. The van der Waals surface area contributed by atoms with Crippen molar-refractivity contribution in [1.29, 1.82) is 0 Å². The highest BCUT2D eigenvalue weighted by Crippen LogP contribution is 2.24. The average Bonchev–Trinajstić information content (AvgIpc) is 2.63. The Hall–Kier alpha value is -1.79. The molecule has 0 saturated carbocycles. The van der Waals surface area contributed by atoms with Gasteiger partial charge in [-0.15, -0.1) is 0 Å². The highest BCUT2D eigenvalue weighted by molar-refractivity contribution is 6.34. The lowest BCUT2D eigenvalue weighted by Crippen LogP contribution is -2.38. The third kappa shape index (κ3) is 3.86. The van der Waals surface area contributed by atoms with E-state index in [1.165, 1.54) is 0 Å². The summed E-state index contributed by atoms with van der Waals surface area (Å²) >= 11 is 6.08. The number of hydrogen-bond acceptors (Lipinski definition) is 4. The first-order chi connectivity index (χ1) is 9.99. The molecule has 6 nitrogen and oxygen atoms in total. The fraction of sp³-hybridized carbons (Fsp3) is 0.429. The topological polar surface area (TPSA) is 92.7 Å².